The molecule has 1 amide bonds. The van der Waals surface area contributed by atoms with Crippen molar-refractivity contribution in [1.29, 1.82) is 0 Å². The van der Waals surface area contributed by atoms with Gasteiger partial charge >= 0.3 is 0 Å². The van der Waals surface area contributed by atoms with Crippen molar-refractivity contribution in [3.8, 4) is 0 Å². The number of carbonyl (C=O) groups excluding carboxylic acids is 1. The van der Waals surface area contributed by atoms with Crippen LogP contribution < -0.4 is 5.32 Å². The van der Waals surface area contributed by atoms with E-state index in [1.54, 1.807) is 0 Å². The monoisotopic (exact) mass is 518 g/mol. The molecule has 2 N–H and O–H groups in total. The number of aliphatic hydroxyl groups excluding tert-OH is 1. The number of nitrogens with zero attached hydrogens (tertiary/aromatic N) is 1. The summed E-state index contributed by atoms with van der Waals surface area (Å²) in [6, 6.07) is 29.4. The van der Waals surface area contributed by atoms with E-state index in [4.69, 9.17) is 14.2 Å². The second-order valence-electron chi connectivity index (χ2n) is 9.50. The predicted molar refractivity (Wildman–Crippen MR) is 146 cm³/mol. The van der Waals surface area contributed by atoms with E-state index in [2.05, 4.69) is 5.32 Å². The molecule has 0 radical (unpaired) electrons. The quantitative estimate of drug-likeness (QED) is 0.340. The highest BCUT2D eigenvalue weighted by Gasteiger charge is 2.32. The molecular weight excluding hydrogens is 480 g/mol. The van der Waals surface area contributed by atoms with Gasteiger partial charge in [-0.3, -0.25) is 4.79 Å². The van der Waals surface area contributed by atoms with Crippen LogP contribution in [-0.2, 0) is 38.8 Å². The first-order valence-electron chi connectivity index (χ1n) is 13.3. The van der Waals surface area contributed by atoms with Crippen LogP contribution in [0.1, 0.15) is 23.1 Å². The molecule has 1 aliphatic rings. The standard InChI is InChI=1S/C31H38N2O5/c34-28(24-36-21-25-10-4-1-5-11-25)29(37-22-26-12-6-2-7-13-26)20-30(31(35)33-18-16-32-17-19-33)38-23-27-14-8-3-9-15-27/h1-15,28-30,32,34H,16-24H2/t28?,29-,30+/m0/s1. The minimum absolute atomic E-state index is 0.0758. The smallest absolute Gasteiger partial charge is 0.251 e. The normalized spacial score (nSPS) is 16.1. The Morgan fingerprint density at radius 1 is 0.763 bits per heavy atom. The molecule has 3 aromatic carbocycles. The van der Waals surface area contributed by atoms with Crippen molar-refractivity contribution in [3.05, 3.63) is 108 Å². The lowest BCUT2D eigenvalue weighted by Crippen LogP contribution is -2.51. The number of amides is 1. The Hall–Kier alpha value is -3.07. The van der Waals surface area contributed by atoms with Gasteiger partial charge in [0.1, 0.15) is 12.2 Å². The molecule has 38 heavy (non-hydrogen) atoms. The Labute approximate surface area is 225 Å². The molecule has 202 valence electrons. The molecule has 3 atom stereocenters. The van der Waals surface area contributed by atoms with Crippen molar-refractivity contribution in [2.45, 2.75) is 44.6 Å². The summed E-state index contributed by atoms with van der Waals surface area (Å²) in [5, 5.41) is 14.4. The van der Waals surface area contributed by atoms with Crippen LogP contribution in [0.15, 0.2) is 91.0 Å². The van der Waals surface area contributed by atoms with E-state index in [0.29, 0.717) is 32.9 Å². The van der Waals surface area contributed by atoms with Crippen molar-refractivity contribution < 1.29 is 24.1 Å². The minimum atomic E-state index is -0.930. The Morgan fingerprint density at radius 3 is 1.82 bits per heavy atom. The largest absolute Gasteiger partial charge is 0.388 e. The van der Waals surface area contributed by atoms with Crippen LogP contribution in [-0.4, -0.2) is 67.0 Å². The van der Waals surface area contributed by atoms with E-state index in [0.717, 1.165) is 29.8 Å². The molecular formula is C31H38N2O5. The zero-order valence-corrected chi connectivity index (χ0v) is 21.8. The molecule has 0 aromatic heterocycles. The SMILES string of the molecule is O=C([C@@H](C[C@H](OCc1ccccc1)C(O)COCc1ccccc1)OCc1ccccc1)N1CCNCC1. The van der Waals surface area contributed by atoms with Gasteiger partial charge in [-0.15, -0.1) is 0 Å². The molecule has 1 aliphatic heterocycles. The number of carbonyl (C=O) groups is 1. The summed E-state index contributed by atoms with van der Waals surface area (Å²) in [6.07, 6.45) is -2.12. The third-order valence-electron chi connectivity index (χ3n) is 6.58. The van der Waals surface area contributed by atoms with Crippen molar-refractivity contribution in [3.63, 3.8) is 0 Å². The van der Waals surface area contributed by atoms with Crippen LogP contribution in [0.2, 0.25) is 0 Å². The van der Waals surface area contributed by atoms with Gasteiger partial charge in [-0.25, -0.2) is 0 Å². The third-order valence-corrected chi connectivity index (χ3v) is 6.58. The van der Waals surface area contributed by atoms with E-state index in [9.17, 15) is 9.90 Å². The highest BCUT2D eigenvalue weighted by atomic mass is 16.5. The Kier molecular flexibility index (Phi) is 11.3. The van der Waals surface area contributed by atoms with E-state index in [1.807, 2.05) is 95.9 Å². The van der Waals surface area contributed by atoms with Crippen LogP contribution >= 0.6 is 0 Å². The number of hydrogen-bond donors (Lipinski definition) is 2. The van der Waals surface area contributed by atoms with Gasteiger partial charge in [0.05, 0.1) is 32.5 Å². The van der Waals surface area contributed by atoms with E-state index >= 15 is 0 Å². The lowest BCUT2D eigenvalue weighted by atomic mass is 10.0. The lowest BCUT2D eigenvalue weighted by Gasteiger charge is -2.33. The highest BCUT2D eigenvalue weighted by molar-refractivity contribution is 5.81. The highest BCUT2D eigenvalue weighted by Crippen LogP contribution is 2.18. The molecule has 7 heteroatoms. The third kappa shape index (κ3) is 9.04. The van der Waals surface area contributed by atoms with Gasteiger partial charge in [-0.2, -0.15) is 0 Å². The second kappa shape index (κ2) is 15.4. The minimum Gasteiger partial charge on any atom is -0.388 e. The van der Waals surface area contributed by atoms with Gasteiger partial charge in [0.25, 0.3) is 5.91 Å². The van der Waals surface area contributed by atoms with Crippen molar-refractivity contribution >= 4 is 5.91 Å². The first-order valence-corrected chi connectivity index (χ1v) is 13.3. The van der Waals surface area contributed by atoms with Crippen LogP contribution in [0.3, 0.4) is 0 Å². The number of ether oxygens (including phenoxy) is 3. The summed E-state index contributed by atoms with van der Waals surface area (Å²) in [5.41, 5.74) is 3.00. The van der Waals surface area contributed by atoms with Crippen molar-refractivity contribution in [2.24, 2.45) is 0 Å². The molecule has 0 bridgehead atoms. The molecule has 1 unspecified atom stereocenters. The van der Waals surface area contributed by atoms with Crippen LogP contribution in [0.25, 0.3) is 0 Å². The second-order valence-corrected chi connectivity index (χ2v) is 9.50. The average Bonchev–Trinajstić information content (AvgIpc) is 2.98. The number of benzene rings is 3. The zero-order valence-electron chi connectivity index (χ0n) is 21.8. The zero-order chi connectivity index (χ0) is 26.4. The summed E-state index contributed by atoms with van der Waals surface area (Å²) < 4.78 is 18.3. The summed E-state index contributed by atoms with van der Waals surface area (Å²) in [4.78, 5) is 15.4. The molecule has 0 aliphatic carbocycles. The van der Waals surface area contributed by atoms with E-state index < -0.39 is 18.3 Å². The Balaban J connectivity index is 1.45. The van der Waals surface area contributed by atoms with E-state index in [1.165, 1.54) is 0 Å². The van der Waals surface area contributed by atoms with E-state index in [-0.39, 0.29) is 18.9 Å². The maximum atomic E-state index is 13.6. The maximum Gasteiger partial charge on any atom is 0.251 e. The Bertz CT molecular complexity index is 1060. The number of nitrogens with one attached hydrogen (secondary N) is 1. The fourth-order valence-electron chi connectivity index (χ4n) is 4.40. The molecule has 1 fully saturated rings. The van der Waals surface area contributed by atoms with Gasteiger partial charge in [0.2, 0.25) is 0 Å². The Morgan fingerprint density at radius 2 is 1.26 bits per heavy atom. The summed E-state index contributed by atoms with van der Waals surface area (Å²) in [6.45, 7) is 3.84. The summed E-state index contributed by atoms with van der Waals surface area (Å²) >= 11 is 0. The number of aliphatic hydroxyl groups is 1. The van der Waals surface area contributed by atoms with Gasteiger partial charge in [0.15, 0.2) is 0 Å². The van der Waals surface area contributed by atoms with Gasteiger partial charge in [-0.1, -0.05) is 91.0 Å². The lowest BCUT2D eigenvalue weighted by molar-refractivity contribution is -0.152. The first kappa shape index (κ1) is 28.0. The predicted octanol–water partition coefficient (Wildman–Crippen LogP) is 3.56. The van der Waals surface area contributed by atoms with Crippen LogP contribution in [0, 0.1) is 0 Å². The van der Waals surface area contributed by atoms with Crippen LogP contribution in [0.5, 0.6) is 0 Å². The molecule has 7 nitrogen and oxygen atoms in total. The van der Waals surface area contributed by atoms with Gasteiger partial charge < -0.3 is 29.5 Å². The van der Waals surface area contributed by atoms with Gasteiger partial charge in [-0.05, 0) is 16.7 Å². The molecule has 3 aromatic rings. The number of rotatable bonds is 14. The molecule has 0 saturated carbocycles. The topological polar surface area (TPSA) is 80.3 Å². The fourth-order valence-corrected chi connectivity index (χ4v) is 4.40. The fraction of sp³-hybridized carbons (Fsp3) is 0.387. The van der Waals surface area contributed by atoms with Crippen molar-refractivity contribution in [2.75, 3.05) is 32.8 Å². The maximum absolute atomic E-state index is 13.6. The van der Waals surface area contributed by atoms with Crippen molar-refractivity contribution in [1.82, 2.24) is 10.2 Å². The number of piperazine rings is 1. The molecule has 4 rings (SSSR count). The number of hydrogen-bond acceptors (Lipinski definition) is 6. The summed E-state index contributed by atoms with van der Waals surface area (Å²) in [7, 11) is 0. The summed E-state index contributed by atoms with van der Waals surface area (Å²) in [5.74, 6) is -0.0758. The molecule has 1 saturated heterocycles. The average molecular weight is 519 g/mol. The molecule has 0 spiro atoms. The van der Waals surface area contributed by atoms with Gasteiger partial charge in [0, 0.05) is 32.6 Å². The van der Waals surface area contributed by atoms with Crippen LogP contribution in [0.4, 0.5) is 0 Å². The molecule has 1 heterocycles. The first-order chi connectivity index (χ1) is 18.7.